The van der Waals surface area contributed by atoms with E-state index < -0.39 is 5.41 Å². The third-order valence-corrected chi connectivity index (χ3v) is 13.5. The topological polar surface area (TPSA) is 21.3 Å². The Hall–Kier alpha value is -8.40. The Balaban J connectivity index is 1.07. The second kappa shape index (κ2) is 14.3. The van der Waals surface area contributed by atoms with Gasteiger partial charge in [0.2, 0.25) is 0 Å². The monoisotopic (exact) mass is 816 g/mol. The van der Waals surface area contributed by atoms with Gasteiger partial charge in [0.1, 0.15) is 11.2 Å². The van der Waals surface area contributed by atoms with Gasteiger partial charge in [-0.25, -0.2) is 0 Å². The van der Waals surface area contributed by atoms with E-state index in [4.69, 9.17) is 4.42 Å². The number of aromatic nitrogens is 1. The van der Waals surface area contributed by atoms with Crippen molar-refractivity contribution < 1.29 is 4.42 Å². The quantitative estimate of drug-likeness (QED) is 0.160. The third-order valence-electron chi connectivity index (χ3n) is 13.5. The molecule has 2 aromatic heterocycles. The number of benzene rings is 10. The molecule has 12 aromatic rings. The Morgan fingerprint density at radius 1 is 0.344 bits per heavy atom. The maximum absolute atomic E-state index is 6.52. The lowest BCUT2D eigenvalue weighted by molar-refractivity contribution is 0.669. The summed E-state index contributed by atoms with van der Waals surface area (Å²) in [5.41, 5.74) is 17.6. The van der Waals surface area contributed by atoms with Crippen LogP contribution in [-0.2, 0) is 5.41 Å². The third kappa shape index (κ3) is 5.41. The maximum atomic E-state index is 6.52. The van der Waals surface area contributed by atoms with Gasteiger partial charge in [-0.3, -0.25) is 0 Å². The molecule has 0 saturated carbocycles. The molecule has 0 N–H and O–H groups in total. The van der Waals surface area contributed by atoms with Gasteiger partial charge in [0.25, 0.3) is 0 Å². The number of hydrogen-bond donors (Lipinski definition) is 0. The smallest absolute Gasteiger partial charge is 0.137 e. The average molecular weight is 817 g/mol. The molecule has 1 atom stereocenters. The van der Waals surface area contributed by atoms with E-state index in [1.807, 2.05) is 12.1 Å². The summed E-state index contributed by atoms with van der Waals surface area (Å²) in [6.45, 7) is 0. The van der Waals surface area contributed by atoms with Crippen molar-refractivity contribution in [2.24, 2.45) is 0 Å². The number of hydrogen-bond acceptors (Lipinski definition) is 2. The molecule has 0 bridgehead atoms. The van der Waals surface area contributed by atoms with Crippen molar-refractivity contribution in [1.29, 1.82) is 0 Å². The molecule has 1 aliphatic rings. The fourth-order valence-corrected chi connectivity index (χ4v) is 10.7. The van der Waals surface area contributed by atoms with Gasteiger partial charge in [-0.05, 0) is 117 Å². The van der Waals surface area contributed by atoms with Crippen molar-refractivity contribution in [2.75, 3.05) is 4.90 Å². The van der Waals surface area contributed by atoms with Crippen molar-refractivity contribution in [1.82, 2.24) is 4.57 Å². The van der Waals surface area contributed by atoms with Crippen LogP contribution in [0.4, 0.5) is 17.1 Å². The van der Waals surface area contributed by atoms with Crippen LogP contribution in [0, 0.1) is 0 Å². The minimum atomic E-state index is -0.626. The highest BCUT2D eigenvalue weighted by Gasteiger charge is 2.46. The van der Waals surface area contributed by atoms with Gasteiger partial charge in [0.05, 0.1) is 16.4 Å². The zero-order valence-electron chi connectivity index (χ0n) is 34.9. The molecule has 0 radical (unpaired) electrons. The molecule has 0 saturated heterocycles. The molecule has 10 aromatic carbocycles. The summed E-state index contributed by atoms with van der Waals surface area (Å²) in [7, 11) is 0. The van der Waals surface area contributed by atoms with Crippen LogP contribution < -0.4 is 4.90 Å². The number of para-hydroxylation sites is 3. The summed E-state index contributed by atoms with van der Waals surface area (Å²) in [6, 6.07) is 88.4. The number of rotatable bonds is 7. The standard InChI is InChI=1S/C61H40N2O/c1-4-16-41(17-5-1)42-28-31-46(32-29-42)62(48-34-36-53-52-24-12-15-27-59(52)64-60(53)40-48)47-33-35-50-49-22-10-13-25-55(49)61(56(50)39-47,43-18-6-2-7-19-43)44-30-37-58-54(38-44)51-23-11-14-26-57(51)63(58)45-20-8-3-9-21-45/h1-40H. The lowest BCUT2D eigenvalue weighted by atomic mass is 9.67. The second-order valence-corrected chi connectivity index (χ2v) is 16.8. The number of nitrogens with zero attached hydrogens (tertiary/aromatic N) is 2. The molecule has 3 nitrogen and oxygen atoms in total. The molecule has 13 rings (SSSR count). The average Bonchev–Trinajstić information content (AvgIpc) is 4.01. The predicted molar refractivity (Wildman–Crippen MR) is 265 cm³/mol. The molecule has 0 spiro atoms. The van der Waals surface area contributed by atoms with Crippen LogP contribution in [0.25, 0.3) is 71.7 Å². The highest BCUT2D eigenvalue weighted by molar-refractivity contribution is 6.10. The van der Waals surface area contributed by atoms with E-state index in [1.54, 1.807) is 0 Å². The van der Waals surface area contributed by atoms with Gasteiger partial charge in [-0.15, -0.1) is 0 Å². The number of fused-ring (bicyclic) bond motifs is 9. The highest BCUT2D eigenvalue weighted by Crippen LogP contribution is 2.58. The Labute approximate surface area is 371 Å². The number of anilines is 3. The minimum Gasteiger partial charge on any atom is -0.456 e. The summed E-state index contributed by atoms with van der Waals surface area (Å²) in [5.74, 6) is 0. The van der Waals surface area contributed by atoms with Crippen LogP contribution in [0.1, 0.15) is 22.3 Å². The number of furan rings is 1. The highest BCUT2D eigenvalue weighted by atomic mass is 16.3. The van der Waals surface area contributed by atoms with Crippen molar-refractivity contribution in [3.8, 4) is 27.9 Å². The first kappa shape index (κ1) is 36.3. The fraction of sp³-hybridized carbons (Fsp3) is 0.0164. The maximum Gasteiger partial charge on any atom is 0.137 e. The van der Waals surface area contributed by atoms with E-state index in [1.165, 1.54) is 66.3 Å². The zero-order chi connectivity index (χ0) is 42.2. The Kier molecular flexibility index (Phi) is 8.13. The lowest BCUT2D eigenvalue weighted by Gasteiger charge is -2.35. The summed E-state index contributed by atoms with van der Waals surface area (Å²) in [4.78, 5) is 2.39. The molecule has 0 fully saturated rings. The molecule has 300 valence electrons. The van der Waals surface area contributed by atoms with Gasteiger partial charge in [0, 0.05) is 50.4 Å². The molecule has 64 heavy (non-hydrogen) atoms. The van der Waals surface area contributed by atoms with E-state index in [0.717, 1.165) is 44.7 Å². The largest absolute Gasteiger partial charge is 0.456 e. The van der Waals surface area contributed by atoms with Crippen LogP contribution >= 0.6 is 0 Å². The molecule has 0 amide bonds. The molecular weight excluding hydrogens is 777 g/mol. The molecule has 3 heteroatoms. The molecular formula is C61H40N2O. The predicted octanol–water partition coefficient (Wildman–Crippen LogP) is 16.2. The molecule has 2 heterocycles. The first-order valence-corrected chi connectivity index (χ1v) is 22.0. The summed E-state index contributed by atoms with van der Waals surface area (Å²) in [6.07, 6.45) is 0. The fourth-order valence-electron chi connectivity index (χ4n) is 10.7. The van der Waals surface area contributed by atoms with Crippen LogP contribution in [-0.4, -0.2) is 4.57 Å². The van der Waals surface area contributed by atoms with E-state index >= 15 is 0 Å². The van der Waals surface area contributed by atoms with E-state index in [-0.39, 0.29) is 0 Å². The van der Waals surface area contributed by atoms with E-state index in [0.29, 0.717) is 0 Å². The van der Waals surface area contributed by atoms with Gasteiger partial charge in [0.15, 0.2) is 0 Å². The van der Waals surface area contributed by atoms with Gasteiger partial charge >= 0.3 is 0 Å². The lowest BCUT2D eigenvalue weighted by Crippen LogP contribution is -2.28. The van der Waals surface area contributed by atoms with Crippen molar-refractivity contribution in [2.45, 2.75) is 5.41 Å². The molecule has 1 unspecified atom stereocenters. The first-order valence-electron chi connectivity index (χ1n) is 22.0. The van der Waals surface area contributed by atoms with Crippen LogP contribution in [0.5, 0.6) is 0 Å². The zero-order valence-corrected chi connectivity index (χ0v) is 34.9. The summed E-state index contributed by atoms with van der Waals surface area (Å²) in [5, 5.41) is 4.69. The van der Waals surface area contributed by atoms with Crippen LogP contribution in [0.2, 0.25) is 0 Å². The second-order valence-electron chi connectivity index (χ2n) is 16.8. The Morgan fingerprint density at radius 3 is 1.77 bits per heavy atom. The van der Waals surface area contributed by atoms with Crippen molar-refractivity contribution in [3.05, 3.63) is 265 Å². The van der Waals surface area contributed by atoms with Crippen LogP contribution in [0.3, 0.4) is 0 Å². The van der Waals surface area contributed by atoms with E-state index in [9.17, 15) is 0 Å². The van der Waals surface area contributed by atoms with Crippen LogP contribution in [0.15, 0.2) is 247 Å². The molecule has 0 aliphatic heterocycles. The molecule has 1 aliphatic carbocycles. The van der Waals surface area contributed by atoms with Crippen molar-refractivity contribution in [3.63, 3.8) is 0 Å². The van der Waals surface area contributed by atoms with E-state index in [2.05, 4.69) is 240 Å². The Morgan fingerprint density at radius 2 is 0.938 bits per heavy atom. The SMILES string of the molecule is c1ccc(-c2ccc(N(c3ccc4c(c3)C(c3ccccc3)(c3ccc5c(c3)c3ccccc3n5-c3ccccc3)c3ccccc3-4)c3ccc4c(c3)oc3ccccc34)cc2)cc1. The van der Waals surface area contributed by atoms with Gasteiger partial charge < -0.3 is 13.9 Å². The van der Waals surface area contributed by atoms with Gasteiger partial charge in [-0.1, -0.05) is 164 Å². The first-order chi connectivity index (χ1) is 31.7. The summed E-state index contributed by atoms with van der Waals surface area (Å²) < 4.78 is 8.93. The van der Waals surface area contributed by atoms with Gasteiger partial charge in [-0.2, -0.15) is 0 Å². The Bertz CT molecular complexity index is 3720. The normalized spacial score (nSPS) is 14.3. The van der Waals surface area contributed by atoms with Crippen molar-refractivity contribution >= 4 is 60.8 Å². The summed E-state index contributed by atoms with van der Waals surface area (Å²) >= 11 is 0. The minimum absolute atomic E-state index is 0.626.